The van der Waals surface area contributed by atoms with Crippen molar-refractivity contribution in [3.05, 3.63) is 28.8 Å². The summed E-state index contributed by atoms with van der Waals surface area (Å²) in [6.45, 7) is 6.63. The Morgan fingerprint density at radius 2 is 1.89 bits per heavy atom. The van der Waals surface area contributed by atoms with Crippen molar-refractivity contribution in [3.63, 3.8) is 0 Å². The van der Waals surface area contributed by atoms with Crippen LogP contribution in [0, 0.1) is 0 Å². The summed E-state index contributed by atoms with van der Waals surface area (Å²) < 4.78 is 5.64. The summed E-state index contributed by atoms with van der Waals surface area (Å²) in [5, 5.41) is 0. The van der Waals surface area contributed by atoms with Crippen LogP contribution in [0.25, 0.3) is 0 Å². The molecule has 1 aromatic carbocycles. The Hall–Kier alpha value is -1.02. The van der Waals surface area contributed by atoms with Gasteiger partial charge in [-0.1, -0.05) is 39.7 Å². The minimum Gasteiger partial charge on any atom is -0.496 e. The van der Waals surface area contributed by atoms with Gasteiger partial charge in [0, 0.05) is 5.54 Å². The Bertz CT molecular complexity index is 445. The fourth-order valence-corrected chi connectivity index (χ4v) is 3.24. The van der Waals surface area contributed by atoms with E-state index in [9.17, 15) is 0 Å². The molecular weight excluding hydrogens is 234 g/mol. The van der Waals surface area contributed by atoms with Crippen LogP contribution in [-0.4, -0.2) is 7.11 Å². The highest BCUT2D eigenvalue weighted by atomic mass is 16.5. The molecule has 2 rings (SSSR count). The van der Waals surface area contributed by atoms with E-state index in [1.807, 2.05) is 0 Å². The van der Waals surface area contributed by atoms with Gasteiger partial charge in [0.05, 0.1) is 7.11 Å². The third-order valence-electron chi connectivity index (χ3n) is 4.47. The van der Waals surface area contributed by atoms with Gasteiger partial charge in [-0.25, -0.2) is 0 Å². The topological polar surface area (TPSA) is 35.2 Å². The van der Waals surface area contributed by atoms with E-state index in [1.54, 1.807) is 7.11 Å². The molecule has 0 saturated heterocycles. The first-order chi connectivity index (χ1) is 9.01. The van der Waals surface area contributed by atoms with Crippen molar-refractivity contribution in [3.8, 4) is 5.75 Å². The van der Waals surface area contributed by atoms with Gasteiger partial charge in [0.2, 0.25) is 0 Å². The van der Waals surface area contributed by atoms with E-state index in [1.165, 1.54) is 29.5 Å². The number of hydrogen-bond acceptors (Lipinski definition) is 2. The van der Waals surface area contributed by atoms with Crippen LogP contribution in [0.15, 0.2) is 12.1 Å². The summed E-state index contributed by atoms with van der Waals surface area (Å²) in [7, 11) is 1.77. The lowest BCUT2D eigenvalue weighted by molar-refractivity contribution is 0.400. The molecule has 1 fully saturated rings. The quantitative estimate of drug-likeness (QED) is 0.885. The standard InChI is InChI=1S/C17H27NO/c1-5-13-10-14(17(18)8-6-7-9-17)11-15(12(2)3)16(13)19-4/h10-12H,5-9,18H2,1-4H3. The van der Waals surface area contributed by atoms with Crippen molar-refractivity contribution in [2.75, 3.05) is 7.11 Å². The molecule has 0 unspecified atom stereocenters. The second-order valence-corrected chi connectivity index (χ2v) is 6.13. The van der Waals surface area contributed by atoms with Crippen molar-refractivity contribution in [1.29, 1.82) is 0 Å². The van der Waals surface area contributed by atoms with Crippen molar-refractivity contribution < 1.29 is 4.74 Å². The average Bonchev–Trinajstić information content (AvgIpc) is 2.85. The zero-order valence-electron chi connectivity index (χ0n) is 12.8. The van der Waals surface area contributed by atoms with E-state index >= 15 is 0 Å². The predicted octanol–water partition coefficient (Wildman–Crippen LogP) is 4.11. The lowest BCUT2D eigenvalue weighted by Crippen LogP contribution is -2.33. The van der Waals surface area contributed by atoms with E-state index in [0.29, 0.717) is 5.92 Å². The molecule has 0 aliphatic heterocycles. The Morgan fingerprint density at radius 3 is 2.37 bits per heavy atom. The molecule has 2 nitrogen and oxygen atoms in total. The number of methoxy groups -OCH3 is 1. The van der Waals surface area contributed by atoms with Gasteiger partial charge in [0.1, 0.15) is 5.75 Å². The smallest absolute Gasteiger partial charge is 0.125 e. The maximum absolute atomic E-state index is 6.62. The molecule has 1 aliphatic carbocycles. The molecule has 19 heavy (non-hydrogen) atoms. The van der Waals surface area contributed by atoms with Crippen LogP contribution in [0.1, 0.15) is 69.1 Å². The van der Waals surface area contributed by atoms with Crippen LogP contribution >= 0.6 is 0 Å². The van der Waals surface area contributed by atoms with Gasteiger partial charge in [0.15, 0.2) is 0 Å². The van der Waals surface area contributed by atoms with Crippen LogP contribution in [0.5, 0.6) is 5.75 Å². The molecule has 0 aromatic heterocycles. The molecule has 0 atom stereocenters. The van der Waals surface area contributed by atoms with E-state index in [4.69, 9.17) is 10.5 Å². The molecule has 2 N–H and O–H groups in total. The number of rotatable bonds is 4. The summed E-state index contributed by atoms with van der Waals surface area (Å²) in [6, 6.07) is 4.56. The minimum atomic E-state index is -0.111. The van der Waals surface area contributed by atoms with E-state index < -0.39 is 0 Å². The molecule has 0 spiro atoms. The van der Waals surface area contributed by atoms with E-state index in [-0.39, 0.29) is 5.54 Å². The fourth-order valence-electron chi connectivity index (χ4n) is 3.24. The van der Waals surface area contributed by atoms with Crippen molar-refractivity contribution in [1.82, 2.24) is 0 Å². The lowest BCUT2D eigenvalue weighted by Gasteiger charge is -2.27. The third kappa shape index (κ3) is 2.64. The summed E-state index contributed by atoms with van der Waals surface area (Å²) in [6.07, 6.45) is 5.72. The first-order valence-corrected chi connectivity index (χ1v) is 7.52. The molecule has 0 radical (unpaired) electrons. The maximum Gasteiger partial charge on any atom is 0.125 e. The van der Waals surface area contributed by atoms with Crippen LogP contribution in [0.3, 0.4) is 0 Å². The highest BCUT2D eigenvalue weighted by Gasteiger charge is 2.32. The number of nitrogens with two attached hydrogens (primary N) is 1. The summed E-state index contributed by atoms with van der Waals surface area (Å²) in [4.78, 5) is 0. The molecule has 1 aromatic rings. The van der Waals surface area contributed by atoms with Crippen LogP contribution in [0.4, 0.5) is 0 Å². The molecule has 0 heterocycles. The zero-order chi connectivity index (χ0) is 14.0. The van der Waals surface area contributed by atoms with Gasteiger partial charge in [-0.05, 0) is 47.9 Å². The fraction of sp³-hybridized carbons (Fsp3) is 0.647. The van der Waals surface area contributed by atoms with Gasteiger partial charge in [0.25, 0.3) is 0 Å². The number of aryl methyl sites for hydroxylation is 1. The van der Waals surface area contributed by atoms with Crippen molar-refractivity contribution >= 4 is 0 Å². The first kappa shape index (κ1) is 14.4. The number of ether oxygens (including phenoxy) is 1. The lowest BCUT2D eigenvalue weighted by atomic mass is 9.84. The Labute approximate surface area is 117 Å². The highest BCUT2D eigenvalue weighted by Crippen LogP contribution is 2.40. The van der Waals surface area contributed by atoms with E-state index in [0.717, 1.165) is 25.0 Å². The van der Waals surface area contributed by atoms with E-state index in [2.05, 4.69) is 32.9 Å². The van der Waals surface area contributed by atoms with Gasteiger partial charge < -0.3 is 10.5 Å². The second-order valence-electron chi connectivity index (χ2n) is 6.13. The SMILES string of the molecule is CCc1cc(C2(N)CCCC2)cc(C(C)C)c1OC. The Balaban J connectivity index is 2.54. The summed E-state index contributed by atoms with van der Waals surface area (Å²) in [5.74, 6) is 1.52. The number of benzene rings is 1. The molecule has 2 heteroatoms. The van der Waals surface area contributed by atoms with Gasteiger partial charge in [-0.2, -0.15) is 0 Å². The zero-order valence-corrected chi connectivity index (χ0v) is 12.8. The van der Waals surface area contributed by atoms with Crippen LogP contribution in [-0.2, 0) is 12.0 Å². The Kier molecular flexibility index (Phi) is 4.19. The number of hydrogen-bond donors (Lipinski definition) is 1. The van der Waals surface area contributed by atoms with Gasteiger partial charge in [-0.15, -0.1) is 0 Å². The van der Waals surface area contributed by atoms with Crippen molar-refractivity contribution in [2.45, 2.75) is 64.3 Å². The molecule has 1 saturated carbocycles. The second kappa shape index (κ2) is 5.54. The average molecular weight is 261 g/mol. The molecule has 0 bridgehead atoms. The molecule has 106 valence electrons. The summed E-state index contributed by atoms with van der Waals surface area (Å²) in [5.41, 5.74) is 10.4. The monoisotopic (exact) mass is 261 g/mol. The minimum absolute atomic E-state index is 0.111. The van der Waals surface area contributed by atoms with Gasteiger partial charge in [-0.3, -0.25) is 0 Å². The maximum atomic E-state index is 6.62. The molecule has 0 amide bonds. The molecular formula is C17H27NO. The molecule has 1 aliphatic rings. The highest BCUT2D eigenvalue weighted by molar-refractivity contribution is 5.48. The third-order valence-corrected chi connectivity index (χ3v) is 4.47. The van der Waals surface area contributed by atoms with Gasteiger partial charge >= 0.3 is 0 Å². The van der Waals surface area contributed by atoms with Crippen LogP contribution < -0.4 is 10.5 Å². The van der Waals surface area contributed by atoms with Crippen molar-refractivity contribution in [2.24, 2.45) is 5.73 Å². The predicted molar refractivity (Wildman–Crippen MR) is 80.8 cm³/mol. The normalized spacial score (nSPS) is 18.0. The Morgan fingerprint density at radius 1 is 1.26 bits per heavy atom. The summed E-state index contributed by atoms with van der Waals surface area (Å²) >= 11 is 0. The largest absolute Gasteiger partial charge is 0.496 e. The van der Waals surface area contributed by atoms with Crippen LogP contribution in [0.2, 0.25) is 0 Å². The first-order valence-electron chi connectivity index (χ1n) is 7.52.